The van der Waals surface area contributed by atoms with Crippen LogP contribution in [0.4, 0.5) is 10.1 Å². The van der Waals surface area contributed by atoms with Crippen molar-refractivity contribution in [2.24, 2.45) is 11.3 Å². The summed E-state index contributed by atoms with van der Waals surface area (Å²) in [7, 11) is 0. The quantitative estimate of drug-likeness (QED) is 0.865. The van der Waals surface area contributed by atoms with E-state index in [1.54, 1.807) is 0 Å². The zero-order valence-corrected chi connectivity index (χ0v) is 12.9. The Kier molecular flexibility index (Phi) is 5.47. The number of carbonyl (C=O) groups excluding carboxylic acids is 1. The van der Waals surface area contributed by atoms with E-state index in [1.807, 2.05) is 6.92 Å². The van der Waals surface area contributed by atoms with Crippen molar-refractivity contribution >= 4 is 17.6 Å². The lowest BCUT2D eigenvalue weighted by Gasteiger charge is -2.22. The summed E-state index contributed by atoms with van der Waals surface area (Å²) in [6, 6.07) is 3.82. The summed E-state index contributed by atoms with van der Waals surface area (Å²) < 4.78 is 13.5. The molecule has 0 aliphatic heterocycles. The van der Waals surface area contributed by atoms with E-state index < -0.39 is 17.3 Å². The maximum atomic E-state index is 13.5. The van der Waals surface area contributed by atoms with Crippen LogP contribution in [-0.4, -0.2) is 17.0 Å². The van der Waals surface area contributed by atoms with Crippen LogP contribution in [0.3, 0.4) is 0 Å². The number of hydrogen-bond acceptors (Lipinski definition) is 2. The van der Waals surface area contributed by atoms with Crippen LogP contribution < -0.4 is 5.32 Å². The van der Waals surface area contributed by atoms with Crippen LogP contribution in [0.5, 0.6) is 0 Å². The highest BCUT2D eigenvalue weighted by molar-refractivity contribution is 6.00. The number of anilines is 1. The average molecular weight is 295 g/mol. The van der Waals surface area contributed by atoms with Gasteiger partial charge < -0.3 is 10.4 Å². The van der Waals surface area contributed by atoms with Gasteiger partial charge in [0.2, 0.25) is 5.91 Å². The monoisotopic (exact) mass is 295 g/mol. The molecule has 1 atom stereocenters. The van der Waals surface area contributed by atoms with Gasteiger partial charge in [-0.3, -0.25) is 4.79 Å². The minimum atomic E-state index is -1.40. The SMILES string of the molecule is CC(CC(=O)Nc1cccc(F)c1C(=O)O)CC(C)(C)C. The van der Waals surface area contributed by atoms with E-state index in [2.05, 4.69) is 26.1 Å². The second-order valence-corrected chi connectivity index (χ2v) is 6.59. The third-order valence-corrected chi connectivity index (χ3v) is 3.00. The van der Waals surface area contributed by atoms with E-state index in [1.165, 1.54) is 12.1 Å². The standard InChI is InChI=1S/C16H22FNO3/c1-10(9-16(2,3)4)8-13(19)18-12-7-5-6-11(17)14(12)15(20)21/h5-7,10H,8-9H2,1-4H3,(H,18,19)(H,20,21). The highest BCUT2D eigenvalue weighted by atomic mass is 19.1. The number of nitrogens with one attached hydrogen (secondary N) is 1. The first-order chi connectivity index (χ1) is 9.60. The fraction of sp³-hybridized carbons (Fsp3) is 0.500. The van der Waals surface area contributed by atoms with Crippen LogP contribution in [0.2, 0.25) is 0 Å². The van der Waals surface area contributed by atoms with E-state index in [9.17, 15) is 14.0 Å². The lowest BCUT2D eigenvalue weighted by atomic mass is 9.84. The van der Waals surface area contributed by atoms with E-state index in [-0.39, 0.29) is 29.3 Å². The maximum absolute atomic E-state index is 13.5. The summed E-state index contributed by atoms with van der Waals surface area (Å²) in [4.78, 5) is 23.0. The molecule has 5 heteroatoms. The molecule has 0 fully saturated rings. The van der Waals surface area contributed by atoms with Crippen molar-refractivity contribution in [3.8, 4) is 0 Å². The number of halogens is 1. The van der Waals surface area contributed by atoms with Crippen molar-refractivity contribution in [1.82, 2.24) is 0 Å². The Morgan fingerprint density at radius 3 is 2.48 bits per heavy atom. The second-order valence-electron chi connectivity index (χ2n) is 6.59. The smallest absolute Gasteiger partial charge is 0.340 e. The predicted molar refractivity (Wildman–Crippen MR) is 79.8 cm³/mol. The highest BCUT2D eigenvalue weighted by Crippen LogP contribution is 2.26. The number of aromatic carboxylic acids is 1. The molecule has 1 rings (SSSR count). The summed E-state index contributed by atoms with van der Waals surface area (Å²) >= 11 is 0. The number of hydrogen-bond donors (Lipinski definition) is 2. The molecule has 0 bridgehead atoms. The Morgan fingerprint density at radius 2 is 1.95 bits per heavy atom. The first-order valence-electron chi connectivity index (χ1n) is 6.92. The zero-order chi connectivity index (χ0) is 16.2. The summed E-state index contributed by atoms with van der Waals surface area (Å²) in [6.45, 7) is 8.25. The summed E-state index contributed by atoms with van der Waals surface area (Å²) in [5, 5.41) is 11.5. The van der Waals surface area contributed by atoms with Gasteiger partial charge in [-0.05, 0) is 29.9 Å². The second kappa shape index (κ2) is 6.70. The van der Waals surface area contributed by atoms with E-state index in [0.29, 0.717) is 0 Å². The third kappa shape index (κ3) is 5.53. The van der Waals surface area contributed by atoms with Gasteiger partial charge in [-0.2, -0.15) is 0 Å². The molecular formula is C16H22FNO3. The molecule has 1 unspecified atom stereocenters. The molecule has 2 N–H and O–H groups in total. The van der Waals surface area contributed by atoms with Gasteiger partial charge in [0, 0.05) is 6.42 Å². The lowest BCUT2D eigenvalue weighted by molar-refractivity contribution is -0.117. The van der Waals surface area contributed by atoms with Gasteiger partial charge in [0.15, 0.2) is 0 Å². The van der Waals surface area contributed by atoms with Crippen LogP contribution in [0, 0.1) is 17.2 Å². The van der Waals surface area contributed by atoms with Crippen LogP contribution >= 0.6 is 0 Å². The van der Waals surface area contributed by atoms with Crippen molar-refractivity contribution in [2.45, 2.75) is 40.5 Å². The number of carboxylic acids is 1. The Hall–Kier alpha value is -1.91. The van der Waals surface area contributed by atoms with Gasteiger partial charge in [0.05, 0.1) is 5.69 Å². The molecule has 0 radical (unpaired) electrons. The minimum absolute atomic E-state index is 0.00420. The number of carboxylic acid groups (broad SMARTS) is 1. The van der Waals surface area contributed by atoms with Crippen LogP contribution in [0.15, 0.2) is 18.2 Å². The van der Waals surface area contributed by atoms with E-state index >= 15 is 0 Å². The molecule has 1 aromatic rings. The Morgan fingerprint density at radius 1 is 1.33 bits per heavy atom. The average Bonchev–Trinajstić information content (AvgIpc) is 2.24. The predicted octanol–water partition coefficient (Wildman–Crippen LogP) is 3.92. The van der Waals surface area contributed by atoms with Gasteiger partial charge in [0.1, 0.15) is 11.4 Å². The fourth-order valence-electron chi connectivity index (χ4n) is 2.48. The Balaban J connectivity index is 2.76. The highest BCUT2D eigenvalue weighted by Gasteiger charge is 2.20. The third-order valence-electron chi connectivity index (χ3n) is 3.00. The topological polar surface area (TPSA) is 66.4 Å². The number of carbonyl (C=O) groups is 2. The van der Waals surface area contributed by atoms with Crippen molar-refractivity contribution in [3.63, 3.8) is 0 Å². The van der Waals surface area contributed by atoms with Crippen LogP contribution in [0.1, 0.15) is 50.9 Å². The Labute approximate surface area is 124 Å². The summed E-state index contributed by atoms with van der Waals surface area (Å²) in [5.74, 6) is -2.40. The molecule has 0 aliphatic carbocycles. The van der Waals surface area contributed by atoms with E-state index in [0.717, 1.165) is 12.5 Å². The summed E-state index contributed by atoms with van der Waals surface area (Å²) in [5.41, 5.74) is -0.394. The van der Waals surface area contributed by atoms with Crippen molar-refractivity contribution in [1.29, 1.82) is 0 Å². The Bertz CT molecular complexity index is 535. The molecule has 0 saturated heterocycles. The lowest BCUT2D eigenvalue weighted by Crippen LogP contribution is -2.20. The molecule has 1 amide bonds. The first kappa shape index (κ1) is 17.1. The number of rotatable bonds is 5. The normalized spacial score (nSPS) is 12.8. The van der Waals surface area contributed by atoms with Crippen LogP contribution in [0.25, 0.3) is 0 Å². The largest absolute Gasteiger partial charge is 0.478 e. The molecule has 0 saturated carbocycles. The molecule has 21 heavy (non-hydrogen) atoms. The van der Waals surface area contributed by atoms with Crippen molar-refractivity contribution in [2.75, 3.05) is 5.32 Å². The number of amides is 1. The first-order valence-corrected chi connectivity index (χ1v) is 6.92. The van der Waals surface area contributed by atoms with Crippen LogP contribution in [-0.2, 0) is 4.79 Å². The molecule has 0 aliphatic rings. The number of benzene rings is 1. The van der Waals surface area contributed by atoms with E-state index in [4.69, 9.17) is 5.11 Å². The van der Waals surface area contributed by atoms with Gasteiger partial charge in [-0.25, -0.2) is 9.18 Å². The molecule has 4 nitrogen and oxygen atoms in total. The van der Waals surface area contributed by atoms with Gasteiger partial charge >= 0.3 is 5.97 Å². The van der Waals surface area contributed by atoms with Gasteiger partial charge in [0.25, 0.3) is 0 Å². The molecule has 116 valence electrons. The maximum Gasteiger partial charge on any atom is 0.340 e. The summed E-state index contributed by atoms with van der Waals surface area (Å²) in [6.07, 6.45) is 1.14. The minimum Gasteiger partial charge on any atom is -0.478 e. The molecule has 0 spiro atoms. The molecule has 0 heterocycles. The zero-order valence-electron chi connectivity index (χ0n) is 12.9. The molecule has 0 aromatic heterocycles. The van der Waals surface area contributed by atoms with Crippen molar-refractivity contribution in [3.05, 3.63) is 29.6 Å². The fourth-order valence-corrected chi connectivity index (χ4v) is 2.48. The van der Waals surface area contributed by atoms with Gasteiger partial charge in [-0.1, -0.05) is 33.8 Å². The molecule has 1 aromatic carbocycles. The van der Waals surface area contributed by atoms with Gasteiger partial charge in [-0.15, -0.1) is 0 Å². The molecular weight excluding hydrogens is 273 g/mol. The van der Waals surface area contributed by atoms with Crippen molar-refractivity contribution < 1.29 is 19.1 Å².